The van der Waals surface area contributed by atoms with E-state index in [1.54, 1.807) is 25.3 Å². The minimum Gasteiger partial charge on any atom is -0.490 e. The van der Waals surface area contributed by atoms with Gasteiger partial charge in [-0.15, -0.1) is 0 Å². The number of hydrogen-bond acceptors (Lipinski definition) is 5. The third kappa shape index (κ3) is 8.59. The van der Waals surface area contributed by atoms with E-state index in [1.807, 2.05) is 0 Å². The molecule has 7 nitrogen and oxygen atoms in total. The summed E-state index contributed by atoms with van der Waals surface area (Å²) in [6, 6.07) is 4.93. The van der Waals surface area contributed by atoms with E-state index in [4.69, 9.17) is 21.7 Å². The molecule has 0 bridgehead atoms. The minimum atomic E-state index is -0.396. The standard InChI is InChI=1S/C17H24BrN3O4S/c1-3-4-5-6-15(22)20-21-17(26)19-16(23)12-7-8-14(13(18)11-12)25-10-9-24-2/h7-8,11H,3-6,9-10H2,1-2H3,(H,20,22)(H2,19,21,23,26). The van der Waals surface area contributed by atoms with Gasteiger partial charge in [0.05, 0.1) is 11.1 Å². The second-order valence-corrected chi connectivity index (χ2v) is 6.66. The summed E-state index contributed by atoms with van der Waals surface area (Å²) in [7, 11) is 1.59. The molecule has 0 heterocycles. The lowest BCUT2D eigenvalue weighted by Gasteiger charge is -2.12. The molecule has 0 spiro atoms. The highest BCUT2D eigenvalue weighted by molar-refractivity contribution is 9.10. The Morgan fingerprint density at radius 1 is 1.19 bits per heavy atom. The first-order valence-corrected chi connectivity index (χ1v) is 9.49. The molecule has 26 heavy (non-hydrogen) atoms. The van der Waals surface area contributed by atoms with Crippen molar-refractivity contribution < 1.29 is 19.1 Å². The van der Waals surface area contributed by atoms with Crippen molar-refractivity contribution in [1.82, 2.24) is 16.2 Å². The Morgan fingerprint density at radius 2 is 1.96 bits per heavy atom. The summed E-state index contributed by atoms with van der Waals surface area (Å²) >= 11 is 8.37. The van der Waals surface area contributed by atoms with Crippen LogP contribution >= 0.6 is 28.1 Å². The average molecular weight is 446 g/mol. The van der Waals surface area contributed by atoms with E-state index in [0.29, 0.717) is 35.4 Å². The van der Waals surface area contributed by atoms with Crippen LogP contribution in [0.4, 0.5) is 0 Å². The van der Waals surface area contributed by atoms with Crippen LogP contribution < -0.4 is 20.9 Å². The Hall–Kier alpha value is -1.71. The SMILES string of the molecule is CCCCCC(=O)NNC(=S)NC(=O)c1ccc(OCCOC)c(Br)c1. The van der Waals surface area contributed by atoms with Gasteiger partial charge in [0.1, 0.15) is 12.4 Å². The lowest BCUT2D eigenvalue weighted by Crippen LogP contribution is -2.48. The summed E-state index contributed by atoms with van der Waals surface area (Å²) < 4.78 is 11.1. The second kappa shape index (κ2) is 12.6. The number of hydrazine groups is 1. The number of thiocarbonyl (C=S) groups is 1. The first-order chi connectivity index (χ1) is 12.5. The van der Waals surface area contributed by atoms with Crippen LogP contribution in [0.3, 0.4) is 0 Å². The molecule has 0 unspecified atom stereocenters. The fraction of sp³-hybridized carbons (Fsp3) is 0.471. The summed E-state index contributed by atoms with van der Waals surface area (Å²) in [5.41, 5.74) is 5.38. The number of carbonyl (C=O) groups excluding carboxylic acids is 2. The van der Waals surface area contributed by atoms with E-state index >= 15 is 0 Å². The molecule has 1 rings (SSSR count). The number of benzene rings is 1. The zero-order valence-electron chi connectivity index (χ0n) is 14.9. The predicted molar refractivity (Wildman–Crippen MR) is 107 cm³/mol. The second-order valence-electron chi connectivity index (χ2n) is 5.40. The van der Waals surface area contributed by atoms with Gasteiger partial charge in [-0.2, -0.15) is 0 Å². The van der Waals surface area contributed by atoms with Crippen LogP contribution in [0.5, 0.6) is 5.75 Å². The molecule has 9 heteroatoms. The zero-order chi connectivity index (χ0) is 19.4. The van der Waals surface area contributed by atoms with Crippen molar-refractivity contribution in [3.8, 4) is 5.75 Å². The fourth-order valence-electron chi connectivity index (χ4n) is 1.93. The van der Waals surface area contributed by atoms with Gasteiger partial charge in [-0.1, -0.05) is 19.8 Å². The molecule has 1 aromatic rings. The van der Waals surface area contributed by atoms with E-state index < -0.39 is 5.91 Å². The Labute approximate surface area is 167 Å². The van der Waals surface area contributed by atoms with Crippen molar-refractivity contribution in [2.75, 3.05) is 20.3 Å². The maximum atomic E-state index is 12.2. The van der Waals surface area contributed by atoms with Gasteiger partial charge >= 0.3 is 0 Å². The number of ether oxygens (including phenoxy) is 2. The highest BCUT2D eigenvalue weighted by atomic mass is 79.9. The quantitative estimate of drug-likeness (QED) is 0.307. The van der Waals surface area contributed by atoms with Crippen molar-refractivity contribution in [2.24, 2.45) is 0 Å². The Morgan fingerprint density at radius 3 is 2.62 bits per heavy atom. The molecule has 0 radical (unpaired) electrons. The Bertz CT molecular complexity index is 628. The molecular formula is C17H24BrN3O4S. The molecule has 0 saturated heterocycles. The Balaban J connectivity index is 2.45. The molecule has 144 valence electrons. The number of amides is 2. The van der Waals surface area contributed by atoms with Gasteiger partial charge in [0.15, 0.2) is 5.11 Å². The minimum absolute atomic E-state index is 0.0235. The molecule has 1 aromatic carbocycles. The normalized spacial score (nSPS) is 10.1. The maximum absolute atomic E-state index is 12.2. The largest absolute Gasteiger partial charge is 0.490 e. The maximum Gasteiger partial charge on any atom is 0.257 e. The van der Waals surface area contributed by atoms with E-state index in [9.17, 15) is 9.59 Å². The lowest BCUT2D eigenvalue weighted by molar-refractivity contribution is -0.121. The topological polar surface area (TPSA) is 88.7 Å². The van der Waals surface area contributed by atoms with Crippen LogP contribution in [0, 0.1) is 0 Å². The smallest absolute Gasteiger partial charge is 0.257 e. The fourth-order valence-corrected chi connectivity index (χ4v) is 2.56. The van der Waals surface area contributed by atoms with Crippen LogP contribution in [-0.2, 0) is 9.53 Å². The van der Waals surface area contributed by atoms with Gasteiger partial charge < -0.3 is 9.47 Å². The summed E-state index contributed by atoms with van der Waals surface area (Å²) in [6.45, 7) is 2.95. The number of nitrogens with one attached hydrogen (secondary N) is 3. The molecule has 0 fully saturated rings. The van der Waals surface area contributed by atoms with Crippen LogP contribution in [-0.4, -0.2) is 37.3 Å². The summed E-state index contributed by atoms with van der Waals surface area (Å²) in [4.78, 5) is 23.8. The molecule has 0 atom stereocenters. The van der Waals surface area contributed by atoms with Gasteiger partial charge in [0.2, 0.25) is 5.91 Å². The first-order valence-electron chi connectivity index (χ1n) is 8.29. The lowest BCUT2D eigenvalue weighted by atomic mass is 10.2. The van der Waals surface area contributed by atoms with Crippen molar-refractivity contribution in [3.05, 3.63) is 28.2 Å². The van der Waals surface area contributed by atoms with Crippen molar-refractivity contribution in [1.29, 1.82) is 0 Å². The highest BCUT2D eigenvalue weighted by Crippen LogP contribution is 2.26. The number of hydrogen-bond donors (Lipinski definition) is 3. The summed E-state index contributed by atoms with van der Waals surface area (Å²) in [5.74, 6) is 0.0425. The molecule has 0 aliphatic rings. The number of rotatable bonds is 9. The molecule has 0 aliphatic carbocycles. The van der Waals surface area contributed by atoms with E-state index in [0.717, 1.165) is 19.3 Å². The number of halogens is 1. The van der Waals surface area contributed by atoms with Crippen molar-refractivity contribution in [2.45, 2.75) is 32.6 Å². The molecule has 3 N–H and O–H groups in total. The van der Waals surface area contributed by atoms with Gasteiger partial charge in [0, 0.05) is 19.1 Å². The van der Waals surface area contributed by atoms with Gasteiger partial charge in [-0.25, -0.2) is 0 Å². The van der Waals surface area contributed by atoms with Crippen LogP contribution in [0.2, 0.25) is 0 Å². The van der Waals surface area contributed by atoms with E-state index in [1.165, 1.54) is 0 Å². The third-order valence-corrected chi connectivity index (χ3v) is 4.11. The zero-order valence-corrected chi connectivity index (χ0v) is 17.3. The van der Waals surface area contributed by atoms with Crippen LogP contribution in [0.25, 0.3) is 0 Å². The van der Waals surface area contributed by atoms with E-state index in [-0.39, 0.29) is 11.0 Å². The van der Waals surface area contributed by atoms with Crippen molar-refractivity contribution in [3.63, 3.8) is 0 Å². The molecule has 0 aliphatic heterocycles. The van der Waals surface area contributed by atoms with Gasteiger partial charge in [-0.3, -0.25) is 25.8 Å². The summed E-state index contributed by atoms with van der Waals surface area (Å²) in [6.07, 6.45) is 3.26. The van der Waals surface area contributed by atoms with Crippen LogP contribution in [0.1, 0.15) is 43.0 Å². The molecule has 0 aromatic heterocycles. The Kier molecular flexibility index (Phi) is 10.8. The monoisotopic (exact) mass is 445 g/mol. The van der Waals surface area contributed by atoms with Gasteiger partial charge in [-0.05, 0) is 52.8 Å². The first kappa shape index (κ1) is 22.3. The summed E-state index contributed by atoms with van der Waals surface area (Å²) in [5, 5.41) is 2.53. The predicted octanol–water partition coefficient (Wildman–Crippen LogP) is 2.69. The van der Waals surface area contributed by atoms with Crippen molar-refractivity contribution >= 4 is 45.1 Å². The number of carbonyl (C=O) groups is 2. The number of unbranched alkanes of at least 4 members (excludes halogenated alkanes) is 2. The highest BCUT2D eigenvalue weighted by Gasteiger charge is 2.11. The van der Waals surface area contributed by atoms with Crippen LogP contribution in [0.15, 0.2) is 22.7 Å². The average Bonchev–Trinajstić information content (AvgIpc) is 2.61. The molecule has 2 amide bonds. The molecular weight excluding hydrogens is 422 g/mol. The molecule has 0 saturated carbocycles. The van der Waals surface area contributed by atoms with E-state index in [2.05, 4.69) is 39.0 Å². The van der Waals surface area contributed by atoms with Gasteiger partial charge in [0.25, 0.3) is 5.91 Å². The number of methoxy groups -OCH3 is 1. The third-order valence-electron chi connectivity index (χ3n) is 3.29.